The maximum absolute atomic E-state index is 11.7. The molecule has 0 bridgehead atoms. The molecule has 0 aliphatic carbocycles. The molecule has 2 heterocycles. The van der Waals surface area contributed by atoms with Crippen LogP contribution in [0.1, 0.15) is 6.92 Å². The maximum Gasteiger partial charge on any atom is 0.419 e. The van der Waals surface area contributed by atoms with E-state index in [9.17, 15) is 4.79 Å². The fourth-order valence-corrected chi connectivity index (χ4v) is 2.30. The van der Waals surface area contributed by atoms with E-state index in [4.69, 9.17) is 4.74 Å². The summed E-state index contributed by atoms with van der Waals surface area (Å²) in [5.74, 6) is 0.666. The smallest absolute Gasteiger partial charge is 0.388 e. The number of halogens is 1. The number of hydrogen-bond donors (Lipinski definition) is 2. The van der Waals surface area contributed by atoms with Crippen LogP contribution in [0.15, 0.2) is 28.3 Å². The van der Waals surface area contributed by atoms with Gasteiger partial charge in [-0.05, 0) is 35.0 Å². The second-order valence-electron chi connectivity index (χ2n) is 3.38. The standard InChI is InChI=1S/C11H11BrN4O2S/c1-2-13-10-9(14-6-19-10)18-11(17)16-8-5-3-4-7(12)15-8/h3-6,13H,2H2,1H3,(H,15,16,17). The summed E-state index contributed by atoms with van der Waals surface area (Å²) in [5, 5.41) is 6.31. The summed E-state index contributed by atoms with van der Waals surface area (Å²) < 4.78 is 5.75. The Balaban J connectivity index is 1.99. The van der Waals surface area contributed by atoms with Crippen LogP contribution in [-0.2, 0) is 0 Å². The number of rotatable bonds is 4. The molecule has 0 spiro atoms. The molecule has 0 aromatic carbocycles. The highest BCUT2D eigenvalue weighted by Gasteiger charge is 2.12. The zero-order chi connectivity index (χ0) is 13.7. The Kier molecular flexibility index (Phi) is 4.69. The van der Waals surface area contributed by atoms with E-state index in [-0.39, 0.29) is 5.88 Å². The number of amides is 1. The van der Waals surface area contributed by atoms with Crippen LogP contribution < -0.4 is 15.4 Å². The Labute approximate surface area is 122 Å². The van der Waals surface area contributed by atoms with Crippen molar-refractivity contribution in [3.05, 3.63) is 28.3 Å². The van der Waals surface area contributed by atoms with Crippen molar-refractivity contribution >= 4 is 44.2 Å². The van der Waals surface area contributed by atoms with Crippen molar-refractivity contribution in [2.45, 2.75) is 6.92 Å². The summed E-state index contributed by atoms with van der Waals surface area (Å²) in [4.78, 5) is 19.7. The lowest BCUT2D eigenvalue weighted by Crippen LogP contribution is -2.18. The van der Waals surface area contributed by atoms with Gasteiger partial charge in [0.2, 0.25) is 0 Å². The average molecular weight is 343 g/mol. The van der Waals surface area contributed by atoms with E-state index < -0.39 is 6.09 Å². The van der Waals surface area contributed by atoms with Crippen LogP contribution in [0.5, 0.6) is 5.88 Å². The fourth-order valence-electron chi connectivity index (χ4n) is 1.28. The predicted molar refractivity (Wildman–Crippen MR) is 77.9 cm³/mol. The van der Waals surface area contributed by atoms with Gasteiger partial charge in [-0.1, -0.05) is 6.07 Å². The van der Waals surface area contributed by atoms with Gasteiger partial charge in [-0.2, -0.15) is 0 Å². The predicted octanol–water partition coefficient (Wildman–Crippen LogP) is 3.34. The summed E-state index contributed by atoms with van der Waals surface area (Å²) in [7, 11) is 0. The lowest BCUT2D eigenvalue weighted by Gasteiger charge is -2.06. The zero-order valence-electron chi connectivity index (χ0n) is 10.0. The van der Waals surface area contributed by atoms with Gasteiger partial charge in [-0.25, -0.2) is 14.8 Å². The number of anilines is 2. The molecular weight excluding hydrogens is 332 g/mol. The van der Waals surface area contributed by atoms with Gasteiger partial charge < -0.3 is 10.1 Å². The van der Waals surface area contributed by atoms with E-state index in [0.29, 0.717) is 10.4 Å². The third-order valence-electron chi connectivity index (χ3n) is 2.01. The first-order valence-electron chi connectivity index (χ1n) is 5.47. The first-order chi connectivity index (χ1) is 9.19. The minimum Gasteiger partial charge on any atom is -0.388 e. The largest absolute Gasteiger partial charge is 0.419 e. The summed E-state index contributed by atoms with van der Waals surface area (Å²) in [6, 6.07) is 5.19. The Hall–Kier alpha value is -1.67. The van der Waals surface area contributed by atoms with Crippen LogP contribution in [0.2, 0.25) is 0 Å². The fraction of sp³-hybridized carbons (Fsp3) is 0.182. The van der Waals surface area contributed by atoms with Crippen molar-refractivity contribution in [2.24, 2.45) is 0 Å². The summed E-state index contributed by atoms with van der Waals surface area (Å²) >= 11 is 4.60. The van der Waals surface area contributed by atoms with Gasteiger partial charge in [0.05, 0.1) is 5.51 Å². The summed E-state index contributed by atoms with van der Waals surface area (Å²) in [6.45, 7) is 2.68. The molecule has 0 radical (unpaired) electrons. The van der Waals surface area contributed by atoms with Gasteiger partial charge in [-0.3, -0.25) is 5.32 Å². The van der Waals surface area contributed by atoms with Crippen molar-refractivity contribution in [2.75, 3.05) is 17.2 Å². The van der Waals surface area contributed by atoms with Gasteiger partial charge in [0.1, 0.15) is 10.4 Å². The van der Waals surface area contributed by atoms with Crippen molar-refractivity contribution in [3.63, 3.8) is 0 Å². The van der Waals surface area contributed by atoms with Crippen LogP contribution >= 0.6 is 27.3 Å². The maximum atomic E-state index is 11.7. The van der Waals surface area contributed by atoms with E-state index in [1.807, 2.05) is 6.92 Å². The Morgan fingerprint density at radius 2 is 2.37 bits per heavy atom. The molecule has 2 N–H and O–H groups in total. The Morgan fingerprint density at radius 3 is 3.11 bits per heavy atom. The number of thiazole rings is 1. The minimum atomic E-state index is -0.629. The summed E-state index contributed by atoms with van der Waals surface area (Å²) in [5.41, 5.74) is 1.61. The molecule has 8 heteroatoms. The highest BCUT2D eigenvalue weighted by molar-refractivity contribution is 9.10. The van der Waals surface area contributed by atoms with Crippen LogP contribution in [0.25, 0.3) is 0 Å². The second kappa shape index (κ2) is 6.48. The lowest BCUT2D eigenvalue weighted by molar-refractivity contribution is 0.214. The highest BCUT2D eigenvalue weighted by Crippen LogP contribution is 2.27. The molecule has 0 saturated heterocycles. The molecule has 6 nitrogen and oxygen atoms in total. The summed E-state index contributed by atoms with van der Waals surface area (Å²) in [6.07, 6.45) is -0.629. The molecule has 0 unspecified atom stereocenters. The van der Waals surface area contributed by atoms with Gasteiger partial charge in [0.15, 0.2) is 5.00 Å². The first-order valence-corrected chi connectivity index (χ1v) is 7.15. The number of ether oxygens (including phenoxy) is 1. The van der Waals surface area contributed by atoms with E-state index in [0.717, 1.165) is 11.5 Å². The van der Waals surface area contributed by atoms with E-state index in [1.165, 1.54) is 11.3 Å². The monoisotopic (exact) mass is 342 g/mol. The molecule has 100 valence electrons. The molecule has 2 aromatic heterocycles. The van der Waals surface area contributed by atoms with Crippen LogP contribution in [-0.4, -0.2) is 22.6 Å². The third-order valence-corrected chi connectivity index (χ3v) is 3.21. The first kappa shape index (κ1) is 13.8. The molecule has 0 aliphatic rings. The molecule has 0 saturated carbocycles. The number of pyridine rings is 1. The van der Waals surface area contributed by atoms with Crippen LogP contribution in [0, 0.1) is 0 Å². The number of aromatic nitrogens is 2. The van der Waals surface area contributed by atoms with Crippen molar-refractivity contribution in [1.29, 1.82) is 0 Å². The Morgan fingerprint density at radius 1 is 1.53 bits per heavy atom. The third kappa shape index (κ3) is 3.90. The molecule has 2 rings (SSSR count). The number of carbonyl (C=O) groups excluding carboxylic acids is 1. The van der Waals surface area contributed by atoms with Crippen molar-refractivity contribution in [1.82, 2.24) is 9.97 Å². The SMILES string of the molecule is CCNc1scnc1OC(=O)Nc1cccc(Br)n1. The lowest BCUT2D eigenvalue weighted by atomic mass is 10.5. The molecule has 2 aromatic rings. The van der Waals surface area contributed by atoms with Crippen LogP contribution in [0.3, 0.4) is 0 Å². The van der Waals surface area contributed by atoms with Gasteiger partial charge in [0.25, 0.3) is 5.88 Å². The number of carbonyl (C=O) groups is 1. The number of nitrogens with zero attached hydrogens (tertiary/aromatic N) is 2. The van der Waals surface area contributed by atoms with Gasteiger partial charge in [-0.15, -0.1) is 11.3 Å². The molecular formula is C11H11BrN4O2S. The zero-order valence-corrected chi connectivity index (χ0v) is 12.4. The highest BCUT2D eigenvalue weighted by atomic mass is 79.9. The number of hydrogen-bond acceptors (Lipinski definition) is 6. The topological polar surface area (TPSA) is 76.1 Å². The molecule has 1 amide bonds. The van der Waals surface area contributed by atoms with Crippen molar-refractivity contribution in [3.8, 4) is 5.88 Å². The molecule has 0 aliphatic heterocycles. The average Bonchev–Trinajstić information content (AvgIpc) is 2.77. The normalized spacial score (nSPS) is 10.0. The molecule has 0 atom stereocenters. The minimum absolute atomic E-state index is 0.263. The molecule has 0 fully saturated rings. The van der Waals surface area contributed by atoms with E-state index in [2.05, 4.69) is 36.5 Å². The van der Waals surface area contributed by atoms with E-state index in [1.54, 1.807) is 23.7 Å². The van der Waals surface area contributed by atoms with Crippen molar-refractivity contribution < 1.29 is 9.53 Å². The Bertz CT molecular complexity index is 575. The van der Waals surface area contributed by atoms with Gasteiger partial charge in [0, 0.05) is 6.54 Å². The quantitative estimate of drug-likeness (QED) is 0.833. The number of nitrogens with one attached hydrogen (secondary N) is 2. The molecule has 19 heavy (non-hydrogen) atoms. The second-order valence-corrected chi connectivity index (χ2v) is 5.04. The van der Waals surface area contributed by atoms with Gasteiger partial charge >= 0.3 is 6.09 Å². The van der Waals surface area contributed by atoms with Crippen LogP contribution in [0.4, 0.5) is 15.6 Å². The van der Waals surface area contributed by atoms with E-state index >= 15 is 0 Å².